The number of methoxy groups -OCH3 is 1. The number of nitrogens with one attached hydrogen (secondary N) is 1. The van der Waals surface area contributed by atoms with Crippen LogP contribution in [-0.4, -0.2) is 30.9 Å². The molecule has 2 unspecified atom stereocenters. The standard InChI is InChI=1S/C10H21NO2S/c1-5-8(6-13-4)11-10(12)9(14)7(2)3/h7-9,14H,5-6H2,1-4H3,(H,11,12). The van der Waals surface area contributed by atoms with Crippen LogP contribution >= 0.6 is 12.6 Å². The Labute approximate surface area is 92.0 Å². The van der Waals surface area contributed by atoms with Gasteiger partial charge in [-0.15, -0.1) is 0 Å². The van der Waals surface area contributed by atoms with Gasteiger partial charge in [0.25, 0.3) is 0 Å². The molecule has 3 nitrogen and oxygen atoms in total. The number of hydrogen-bond donors (Lipinski definition) is 2. The zero-order chi connectivity index (χ0) is 11.1. The molecule has 0 aromatic rings. The Morgan fingerprint density at radius 1 is 1.50 bits per heavy atom. The Hall–Kier alpha value is -0.220. The quantitative estimate of drug-likeness (QED) is 0.664. The molecule has 14 heavy (non-hydrogen) atoms. The van der Waals surface area contributed by atoms with Gasteiger partial charge in [-0.25, -0.2) is 0 Å². The second kappa shape index (κ2) is 7.12. The first-order chi connectivity index (χ1) is 6.52. The topological polar surface area (TPSA) is 38.3 Å². The number of carbonyl (C=O) groups excluding carboxylic acids is 1. The lowest BCUT2D eigenvalue weighted by atomic mass is 10.1. The van der Waals surface area contributed by atoms with Crippen LogP contribution in [0.1, 0.15) is 27.2 Å². The summed E-state index contributed by atoms with van der Waals surface area (Å²) in [6.07, 6.45) is 0.873. The molecule has 0 aliphatic carbocycles. The van der Waals surface area contributed by atoms with Crippen molar-refractivity contribution in [2.24, 2.45) is 5.92 Å². The van der Waals surface area contributed by atoms with Gasteiger partial charge in [-0.1, -0.05) is 20.8 Å². The lowest BCUT2D eigenvalue weighted by molar-refractivity contribution is -0.122. The van der Waals surface area contributed by atoms with Crippen LogP contribution in [0, 0.1) is 5.92 Å². The molecule has 1 amide bonds. The molecule has 0 spiro atoms. The maximum atomic E-state index is 11.6. The van der Waals surface area contributed by atoms with Crippen LogP contribution < -0.4 is 5.32 Å². The predicted molar refractivity (Wildman–Crippen MR) is 61.7 cm³/mol. The number of amides is 1. The fourth-order valence-corrected chi connectivity index (χ4v) is 1.13. The highest BCUT2D eigenvalue weighted by atomic mass is 32.1. The molecule has 0 saturated heterocycles. The van der Waals surface area contributed by atoms with E-state index in [-0.39, 0.29) is 23.1 Å². The van der Waals surface area contributed by atoms with Gasteiger partial charge in [-0.05, 0) is 12.3 Å². The van der Waals surface area contributed by atoms with Crippen molar-refractivity contribution < 1.29 is 9.53 Å². The van der Waals surface area contributed by atoms with Gasteiger partial charge in [-0.2, -0.15) is 12.6 Å². The summed E-state index contributed by atoms with van der Waals surface area (Å²) >= 11 is 4.25. The first-order valence-electron chi connectivity index (χ1n) is 5.00. The Balaban J connectivity index is 4.01. The molecule has 0 aromatic carbocycles. The molecule has 2 atom stereocenters. The zero-order valence-electron chi connectivity index (χ0n) is 9.41. The maximum absolute atomic E-state index is 11.6. The van der Waals surface area contributed by atoms with E-state index in [0.29, 0.717) is 6.61 Å². The van der Waals surface area contributed by atoms with E-state index in [0.717, 1.165) is 6.42 Å². The molecule has 0 fully saturated rings. The van der Waals surface area contributed by atoms with Gasteiger partial charge in [0.2, 0.25) is 5.91 Å². The summed E-state index contributed by atoms with van der Waals surface area (Å²) in [5, 5.41) is 2.67. The van der Waals surface area contributed by atoms with E-state index < -0.39 is 0 Å². The monoisotopic (exact) mass is 219 g/mol. The van der Waals surface area contributed by atoms with Gasteiger partial charge in [0, 0.05) is 7.11 Å². The summed E-state index contributed by atoms with van der Waals surface area (Å²) in [7, 11) is 1.63. The van der Waals surface area contributed by atoms with Crippen LogP contribution in [0.3, 0.4) is 0 Å². The molecule has 4 heteroatoms. The van der Waals surface area contributed by atoms with Crippen LogP contribution in [0.15, 0.2) is 0 Å². The molecule has 1 N–H and O–H groups in total. The van der Waals surface area contributed by atoms with Gasteiger partial charge < -0.3 is 10.1 Å². The summed E-state index contributed by atoms with van der Waals surface area (Å²) < 4.78 is 5.00. The molecule has 0 heterocycles. The van der Waals surface area contributed by atoms with E-state index in [4.69, 9.17) is 4.74 Å². The van der Waals surface area contributed by atoms with Crippen molar-refractivity contribution in [2.75, 3.05) is 13.7 Å². The first-order valence-corrected chi connectivity index (χ1v) is 5.51. The fourth-order valence-electron chi connectivity index (χ4n) is 1.05. The third kappa shape index (κ3) is 4.86. The highest BCUT2D eigenvalue weighted by molar-refractivity contribution is 7.81. The van der Waals surface area contributed by atoms with Crippen molar-refractivity contribution in [1.29, 1.82) is 0 Å². The minimum Gasteiger partial charge on any atom is -0.383 e. The summed E-state index contributed by atoms with van der Waals surface area (Å²) in [5.41, 5.74) is 0. The number of thiol groups is 1. The third-order valence-electron chi connectivity index (χ3n) is 2.11. The van der Waals surface area contributed by atoms with Crippen molar-refractivity contribution in [3.63, 3.8) is 0 Å². The van der Waals surface area contributed by atoms with E-state index in [1.165, 1.54) is 0 Å². The average Bonchev–Trinajstić information content (AvgIpc) is 2.15. The molecular weight excluding hydrogens is 198 g/mol. The molecule has 0 aliphatic rings. The van der Waals surface area contributed by atoms with E-state index in [1.807, 2.05) is 20.8 Å². The highest BCUT2D eigenvalue weighted by Crippen LogP contribution is 2.09. The lowest BCUT2D eigenvalue weighted by Crippen LogP contribution is -2.43. The number of carbonyl (C=O) groups is 1. The van der Waals surface area contributed by atoms with Crippen molar-refractivity contribution in [1.82, 2.24) is 5.32 Å². The molecule has 0 radical (unpaired) electrons. The number of hydrogen-bond acceptors (Lipinski definition) is 3. The Morgan fingerprint density at radius 3 is 2.43 bits per heavy atom. The predicted octanol–water partition coefficient (Wildman–Crippen LogP) is 1.48. The van der Waals surface area contributed by atoms with Gasteiger partial charge >= 0.3 is 0 Å². The van der Waals surface area contributed by atoms with E-state index in [9.17, 15) is 4.79 Å². The van der Waals surface area contributed by atoms with Crippen LogP contribution in [0.4, 0.5) is 0 Å². The average molecular weight is 219 g/mol. The lowest BCUT2D eigenvalue weighted by Gasteiger charge is -2.20. The van der Waals surface area contributed by atoms with Crippen molar-refractivity contribution in [2.45, 2.75) is 38.5 Å². The smallest absolute Gasteiger partial charge is 0.233 e. The molecule has 0 aromatic heterocycles. The number of rotatable bonds is 6. The van der Waals surface area contributed by atoms with Gasteiger partial charge in [0.15, 0.2) is 0 Å². The zero-order valence-corrected chi connectivity index (χ0v) is 10.3. The number of ether oxygens (including phenoxy) is 1. The van der Waals surface area contributed by atoms with Crippen molar-refractivity contribution >= 4 is 18.5 Å². The van der Waals surface area contributed by atoms with E-state index >= 15 is 0 Å². The molecule has 84 valence electrons. The molecule has 0 rings (SSSR count). The Kier molecular flexibility index (Phi) is 7.01. The second-order valence-electron chi connectivity index (χ2n) is 3.76. The summed E-state index contributed by atoms with van der Waals surface area (Å²) in [4.78, 5) is 11.6. The van der Waals surface area contributed by atoms with Crippen molar-refractivity contribution in [3.05, 3.63) is 0 Å². The molecule has 0 saturated carbocycles. The van der Waals surface area contributed by atoms with Crippen LogP contribution in [-0.2, 0) is 9.53 Å². The normalized spacial score (nSPS) is 15.3. The Morgan fingerprint density at radius 2 is 2.07 bits per heavy atom. The van der Waals surface area contributed by atoms with Crippen LogP contribution in [0.5, 0.6) is 0 Å². The summed E-state index contributed by atoms with van der Waals surface area (Å²) in [5.74, 6) is 0.241. The second-order valence-corrected chi connectivity index (χ2v) is 4.31. The van der Waals surface area contributed by atoms with Gasteiger partial charge in [-0.3, -0.25) is 4.79 Å². The van der Waals surface area contributed by atoms with Crippen LogP contribution in [0.2, 0.25) is 0 Å². The SMILES string of the molecule is CCC(COC)NC(=O)C(S)C(C)C. The molecular formula is C10H21NO2S. The summed E-state index contributed by atoms with van der Waals surface area (Å²) in [6, 6.07) is 0.0981. The minimum atomic E-state index is -0.235. The maximum Gasteiger partial charge on any atom is 0.233 e. The third-order valence-corrected chi connectivity index (χ3v) is 2.94. The van der Waals surface area contributed by atoms with Gasteiger partial charge in [0.05, 0.1) is 17.9 Å². The van der Waals surface area contributed by atoms with Crippen LogP contribution in [0.25, 0.3) is 0 Å². The summed E-state index contributed by atoms with van der Waals surface area (Å²) in [6.45, 7) is 6.54. The highest BCUT2D eigenvalue weighted by Gasteiger charge is 2.19. The fraction of sp³-hybridized carbons (Fsp3) is 0.900. The first kappa shape index (κ1) is 13.8. The Bertz CT molecular complexity index is 174. The van der Waals surface area contributed by atoms with E-state index in [2.05, 4.69) is 17.9 Å². The molecule has 0 aliphatic heterocycles. The van der Waals surface area contributed by atoms with E-state index in [1.54, 1.807) is 7.11 Å². The van der Waals surface area contributed by atoms with Gasteiger partial charge in [0.1, 0.15) is 0 Å². The molecule has 0 bridgehead atoms. The largest absolute Gasteiger partial charge is 0.383 e. The van der Waals surface area contributed by atoms with Crippen molar-refractivity contribution in [3.8, 4) is 0 Å². The minimum absolute atomic E-state index is 0.00719.